The Bertz CT molecular complexity index is 513. The van der Waals surface area contributed by atoms with Gasteiger partial charge in [-0.2, -0.15) is 5.26 Å². The molecule has 1 unspecified atom stereocenters. The maximum Gasteiger partial charge on any atom is 0.242 e. The van der Waals surface area contributed by atoms with Crippen LogP contribution >= 0.6 is 11.6 Å². The summed E-state index contributed by atoms with van der Waals surface area (Å²) in [7, 11) is 0. The summed E-state index contributed by atoms with van der Waals surface area (Å²) in [5.74, 6) is 1.92. The number of nitriles is 1. The van der Waals surface area contributed by atoms with E-state index in [4.69, 9.17) is 29.0 Å². The molecule has 4 nitrogen and oxygen atoms in total. The number of anilines is 1. The van der Waals surface area contributed by atoms with Gasteiger partial charge in [0.25, 0.3) is 0 Å². The van der Waals surface area contributed by atoms with E-state index in [2.05, 4.69) is 11.2 Å². The van der Waals surface area contributed by atoms with E-state index in [0.29, 0.717) is 11.3 Å². The lowest BCUT2D eigenvalue weighted by Crippen LogP contribution is -2.35. The number of terminal acetylenes is 1. The molecule has 5 heteroatoms. The average Bonchev–Trinajstić information content (AvgIpc) is 2.29. The van der Waals surface area contributed by atoms with E-state index in [1.807, 2.05) is 6.07 Å². The SMILES string of the molecule is C#CCC(N)C(=O)Nc1ccc(C#N)c(Cl)c1. The maximum absolute atomic E-state index is 11.5. The van der Waals surface area contributed by atoms with Crippen LogP contribution in [0.5, 0.6) is 0 Å². The van der Waals surface area contributed by atoms with Crippen molar-refractivity contribution < 1.29 is 4.79 Å². The highest BCUT2D eigenvalue weighted by atomic mass is 35.5. The molecule has 1 aromatic carbocycles. The minimum Gasteiger partial charge on any atom is -0.325 e. The second-order valence-electron chi connectivity index (χ2n) is 3.31. The molecular formula is C12H10ClN3O. The van der Waals surface area contributed by atoms with Crippen molar-refractivity contribution in [2.45, 2.75) is 12.5 Å². The van der Waals surface area contributed by atoms with Crippen molar-refractivity contribution in [3.05, 3.63) is 28.8 Å². The van der Waals surface area contributed by atoms with Crippen LogP contribution in [0.1, 0.15) is 12.0 Å². The van der Waals surface area contributed by atoms with Gasteiger partial charge in [-0.15, -0.1) is 12.3 Å². The Morgan fingerprint density at radius 3 is 2.88 bits per heavy atom. The van der Waals surface area contributed by atoms with Gasteiger partial charge in [0.15, 0.2) is 0 Å². The van der Waals surface area contributed by atoms with Gasteiger partial charge < -0.3 is 11.1 Å². The highest BCUT2D eigenvalue weighted by Crippen LogP contribution is 2.20. The lowest BCUT2D eigenvalue weighted by Gasteiger charge is -2.10. The number of hydrogen-bond donors (Lipinski definition) is 2. The number of hydrogen-bond acceptors (Lipinski definition) is 3. The topological polar surface area (TPSA) is 78.9 Å². The molecule has 1 rings (SSSR count). The smallest absolute Gasteiger partial charge is 0.242 e. The predicted molar refractivity (Wildman–Crippen MR) is 66.2 cm³/mol. The van der Waals surface area contributed by atoms with Gasteiger partial charge >= 0.3 is 0 Å². The highest BCUT2D eigenvalue weighted by Gasteiger charge is 2.12. The van der Waals surface area contributed by atoms with E-state index >= 15 is 0 Å². The molecule has 0 spiro atoms. The second-order valence-corrected chi connectivity index (χ2v) is 3.72. The lowest BCUT2D eigenvalue weighted by atomic mass is 10.2. The summed E-state index contributed by atoms with van der Waals surface area (Å²) < 4.78 is 0. The predicted octanol–water partition coefficient (Wildman–Crippen LogP) is 1.50. The summed E-state index contributed by atoms with van der Waals surface area (Å²) >= 11 is 5.82. The Morgan fingerprint density at radius 2 is 2.35 bits per heavy atom. The van der Waals surface area contributed by atoms with Crippen molar-refractivity contribution >= 4 is 23.2 Å². The largest absolute Gasteiger partial charge is 0.325 e. The zero-order valence-electron chi connectivity index (χ0n) is 8.90. The van der Waals surface area contributed by atoms with Gasteiger partial charge in [-0.3, -0.25) is 4.79 Å². The molecule has 3 N–H and O–H groups in total. The minimum absolute atomic E-state index is 0.163. The molecular weight excluding hydrogens is 238 g/mol. The zero-order valence-corrected chi connectivity index (χ0v) is 9.66. The fraction of sp³-hybridized carbons (Fsp3) is 0.167. The fourth-order valence-electron chi connectivity index (χ4n) is 1.14. The van der Waals surface area contributed by atoms with Crippen molar-refractivity contribution in [3.8, 4) is 18.4 Å². The first-order chi connectivity index (χ1) is 8.08. The van der Waals surface area contributed by atoms with Crippen LogP contribution in [0.25, 0.3) is 0 Å². The molecule has 0 aromatic heterocycles. The van der Waals surface area contributed by atoms with Gasteiger partial charge in [0.05, 0.1) is 16.6 Å². The van der Waals surface area contributed by atoms with E-state index in [1.165, 1.54) is 12.1 Å². The van der Waals surface area contributed by atoms with E-state index in [0.717, 1.165) is 0 Å². The summed E-state index contributed by atoms with van der Waals surface area (Å²) in [5, 5.41) is 11.5. The molecule has 0 bridgehead atoms. The average molecular weight is 248 g/mol. The third-order valence-corrected chi connectivity index (χ3v) is 2.34. The van der Waals surface area contributed by atoms with Crippen LogP contribution in [-0.2, 0) is 4.79 Å². The summed E-state index contributed by atoms with van der Waals surface area (Å²) in [6.07, 6.45) is 5.22. The normalized spacial score (nSPS) is 11.1. The molecule has 0 heterocycles. The molecule has 0 aliphatic rings. The van der Waals surface area contributed by atoms with Crippen LogP contribution in [0, 0.1) is 23.7 Å². The first-order valence-electron chi connectivity index (χ1n) is 4.78. The summed E-state index contributed by atoms with van der Waals surface area (Å²) in [6.45, 7) is 0. The molecule has 17 heavy (non-hydrogen) atoms. The van der Waals surface area contributed by atoms with E-state index in [1.54, 1.807) is 6.07 Å². The van der Waals surface area contributed by atoms with Gasteiger partial charge in [0.2, 0.25) is 5.91 Å². The first kappa shape index (κ1) is 13.1. The van der Waals surface area contributed by atoms with Gasteiger partial charge in [-0.1, -0.05) is 11.6 Å². The molecule has 86 valence electrons. The number of nitrogens with two attached hydrogens (primary N) is 1. The van der Waals surface area contributed by atoms with Crippen molar-refractivity contribution in [1.29, 1.82) is 5.26 Å². The summed E-state index contributed by atoms with van der Waals surface area (Å²) in [5.41, 5.74) is 6.35. The molecule has 0 aliphatic heterocycles. The van der Waals surface area contributed by atoms with Crippen molar-refractivity contribution in [2.75, 3.05) is 5.32 Å². The Kier molecular flexibility index (Phi) is 4.54. The zero-order chi connectivity index (χ0) is 12.8. The van der Waals surface area contributed by atoms with Crippen LogP contribution in [0.4, 0.5) is 5.69 Å². The van der Waals surface area contributed by atoms with Crippen molar-refractivity contribution in [3.63, 3.8) is 0 Å². The molecule has 0 radical (unpaired) electrons. The van der Waals surface area contributed by atoms with Gasteiger partial charge in [0, 0.05) is 12.1 Å². The summed E-state index contributed by atoms with van der Waals surface area (Å²) in [6, 6.07) is 5.75. The quantitative estimate of drug-likeness (QED) is 0.795. The third-order valence-electron chi connectivity index (χ3n) is 2.03. The first-order valence-corrected chi connectivity index (χ1v) is 5.16. The molecule has 1 aromatic rings. The highest BCUT2D eigenvalue weighted by molar-refractivity contribution is 6.32. The Hall–Kier alpha value is -2.01. The molecule has 0 saturated heterocycles. The van der Waals surface area contributed by atoms with E-state index in [-0.39, 0.29) is 17.4 Å². The minimum atomic E-state index is -0.755. The van der Waals surface area contributed by atoms with Crippen molar-refractivity contribution in [2.24, 2.45) is 5.73 Å². The summed E-state index contributed by atoms with van der Waals surface area (Å²) in [4.78, 5) is 11.5. The Labute approximate surface area is 104 Å². The number of carbonyl (C=O) groups is 1. The number of carbonyl (C=O) groups excluding carboxylic acids is 1. The number of rotatable bonds is 3. The van der Waals surface area contributed by atoms with Crippen LogP contribution in [0.2, 0.25) is 5.02 Å². The Balaban J connectivity index is 2.77. The molecule has 0 fully saturated rings. The number of nitrogens with one attached hydrogen (secondary N) is 1. The molecule has 1 amide bonds. The monoisotopic (exact) mass is 247 g/mol. The van der Waals surface area contributed by atoms with E-state index in [9.17, 15) is 4.79 Å². The number of benzene rings is 1. The lowest BCUT2D eigenvalue weighted by molar-refractivity contribution is -0.117. The number of halogens is 1. The number of nitrogens with zero attached hydrogens (tertiary/aromatic N) is 1. The van der Waals surface area contributed by atoms with Crippen LogP contribution in [0.15, 0.2) is 18.2 Å². The van der Waals surface area contributed by atoms with E-state index < -0.39 is 6.04 Å². The standard InChI is InChI=1S/C12H10ClN3O/c1-2-3-11(15)12(17)16-9-5-4-8(7-14)10(13)6-9/h1,4-6,11H,3,15H2,(H,16,17). The maximum atomic E-state index is 11.5. The van der Waals surface area contributed by atoms with Crippen LogP contribution in [0.3, 0.4) is 0 Å². The van der Waals surface area contributed by atoms with Crippen LogP contribution in [-0.4, -0.2) is 11.9 Å². The molecule has 1 atom stereocenters. The van der Waals surface area contributed by atoms with Crippen LogP contribution < -0.4 is 11.1 Å². The van der Waals surface area contributed by atoms with Gasteiger partial charge in [-0.25, -0.2) is 0 Å². The molecule has 0 saturated carbocycles. The fourth-order valence-corrected chi connectivity index (χ4v) is 1.36. The molecule has 0 aliphatic carbocycles. The second kappa shape index (κ2) is 5.91. The Morgan fingerprint density at radius 1 is 1.65 bits per heavy atom. The number of amides is 1. The van der Waals surface area contributed by atoms with Gasteiger partial charge in [0.1, 0.15) is 6.07 Å². The third kappa shape index (κ3) is 3.49. The van der Waals surface area contributed by atoms with Gasteiger partial charge in [-0.05, 0) is 18.2 Å². The van der Waals surface area contributed by atoms with Crippen molar-refractivity contribution in [1.82, 2.24) is 0 Å².